The number of terminal acetylenes is 1. The zero-order valence-electron chi connectivity index (χ0n) is 9.09. The molecule has 0 aliphatic carbocycles. The molecule has 0 aromatic carbocycles. The molecule has 0 radical (unpaired) electrons. The number of rotatable bonds is 5. The summed E-state index contributed by atoms with van der Waals surface area (Å²) < 4.78 is 5.61. The van der Waals surface area contributed by atoms with E-state index in [1.165, 1.54) is 0 Å². The van der Waals surface area contributed by atoms with E-state index in [1.54, 1.807) is 0 Å². The van der Waals surface area contributed by atoms with Crippen molar-refractivity contribution in [2.45, 2.75) is 51.2 Å². The summed E-state index contributed by atoms with van der Waals surface area (Å²) in [5.74, 6) is 2.66. The highest BCUT2D eigenvalue weighted by Crippen LogP contribution is 2.16. The maximum absolute atomic E-state index is 5.61. The summed E-state index contributed by atoms with van der Waals surface area (Å²) >= 11 is 0. The molecule has 1 N–H and O–H groups in total. The van der Waals surface area contributed by atoms with Gasteiger partial charge in [0.05, 0.1) is 6.10 Å². The molecule has 80 valence electrons. The molecule has 2 heteroatoms. The summed E-state index contributed by atoms with van der Waals surface area (Å²) in [6.07, 6.45) is 11.1. The molecule has 1 aliphatic rings. The van der Waals surface area contributed by atoms with Crippen LogP contribution in [0.4, 0.5) is 0 Å². The number of unbranched alkanes of at least 4 members (excludes halogenated alkanes) is 1. The fourth-order valence-electron chi connectivity index (χ4n) is 1.85. The Morgan fingerprint density at radius 1 is 1.57 bits per heavy atom. The van der Waals surface area contributed by atoms with Crippen molar-refractivity contribution in [1.29, 1.82) is 0 Å². The minimum atomic E-state index is 0.467. The Morgan fingerprint density at radius 3 is 3.14 bits per heavy atom. The Labute approximate surface area is 87.4 Å². The van der Waals surface area contributed by atoms with Gasteiger partial charge < -0.3 is 10.1 Å². The van der Waals surface area contributed by atoms with Crippen LogP contribution < -0.4 is 5.32 Å². The Morgan fingerprint density at radius 2 is 2.43 bits per heavy atom. The largest absolute Gasteiger partial charge is 0.378 e. The first-order valence-corrected chi connectivity index (χ1v) is 5.65. The van der Waals surface area contributed by atoms with Gasteiger partial charge in [0.25, 0.3) is 0 Å². The Hall–Kier alpha value is -0.520. The lowest BCUT2D eigenvalue weighted by molar-refractivity contribution is 0.0000387. The molecule has 0 saturated carbocycles. The van der Waals surface area contributed by atoms with Crippen LogP contribution in [0.25, 0.3) is 0 Å². The number of nitrogens with one attached hydrogen (secondary N) is 1. The van der Waals surface area contributed by atoms with E-state index in [2.05, 4.69) is 18.2 Å². The Bertz CT molecular complexity index is 185. The normalized spacial score (nSPS) is 27.1. The van der Waals surface area contributed by atoms with Crippen LogP contribution in [0.3, 0.4) is 0 Å². The third-order valence-corrected chi connectivity index (χ3v) is 2.75. The Kier molecular flexibility index (Phi) is 5.66. The fourth-order valence-corrected chi connectivity index (χ4v) is 1.85. The quantitative estimate of drug-likeness (QED) is 0.535. The van der Waals surface area contributed by atoms with Crippen molar-refractivity contribution in [3.8, 4) is 12.3 Å². The number of ether oxygens (including phenoxy) is 1. The van der Waals surface area contributed by atoms with Crippen LogP contribution in [0.5, 0.6) is 0 Å². The SMILES string of the molecule is C#CCCCNC1CCOC(CC)C1. The molecule has 0 aromatic heterocycles. The van der Waals surface area contributed by atoms with Gasteiger partial charge in [-0.05, 0) is 32.2 Å². The lowest BCUT2D eigenvalue weighted by Gasteiger charge is -2.29. The van der Waals surface area contributed by atoms with Gasteiger partial charge in [0.1, 0.15) is 0 Å². The van der Waals surface area contributed by atoms with Crippen molar-refractivity contribution in [1.82, 2.24) is 5.32 Å². The summed E-state index contributed by atoms with van der Waals surface area (Å²) in [6, 6.07) is 0.645. The smallest absolute Gasteiger partial charge is 0.0587 e. The second-order valence-electron chi connectivity index (χ2n) is 3.88. The summed E-state index contributed by atoms with van der Waals surface area (Å²) in [7, 11) is 0. The molecule has 0 bridgehead atoms. The number of hydrogen-bond donors (Lipinski definition) is 1. The van der Waals surface area contributed by atoms with Gasteiger partial charge in [-0.3, -0.25) is 0 Å². The zero-order valence-corrected chi connectivity index (χ0v) is 9.09. The van der Waals surface area contributed by atoms with Gasteiger partial charge in [-0.1, -0.05) is 6.92 Å². The van der Waals surface area contributed by atoms with E-state index in [1.807, 2.05) is 0 Å². The van der Waals surface area contributed by atoms with Crippen molar-refractivity contribution >= 4 is 0 Å². The van der Waals surface area contributed by atoms with Crippen LogP contribution in [-0.4, -0.2) is 25.3 Å². The van der Waals surface area contributed by atoms with Crippen molar-refractivity contribution in [2.24, 2.45) is 0 Å². The summed E-state index contributed by atoms with van der Waals surface area (Å²) in [5.41, 5.74) is 0. The highest BCUT2D eigenvalue weighted by atomic mass is 16.5. The van der Waals surface area contributed by atoms with Crippen LogP contribution >= 0.6 is 0 Å². The second-order valence-corrected chi connectivity index (χ2v) is 3.88. The Balaban J connectivity index is 2.08. The van der Waals surface area contributed by atoms with E-state index in [9.17, 15) is 0 Å². The summed E-state index contributed by atoms with van der Waals surface area (Å²) in [5, 5.41) is 3.55. The van der Waals surface area contributed by atoms with Gasteiger partial charge in [-0.15, -0.1) is 12.3 Å². The first-order chi connectivity index (χ1) is 6.86. The highest BCUT2D eigenvalue weighted by molar-refractivity contribution is 4.84. The lowest BCUT2D eigenvalue weighted by atomic mass is 10.0. The maximum atomic E-state index is 5.61. The van der Waals surface area contributed by atoms with Crippen molar-refractivity contribution < 1.29 is 4.74 Å². The van der Waals surface area contributed by atoms with Gasteiger partial charge in [0.2, 0.25) is 0 Å². The van der Waals surface area contributed by atoms with Crippen LogP contribution in [0, 0.1) is 12.3 Å². The van der Waals surface area contributed by atoms with Crippen LogP contribution in [0.1, 0.15) is 39.0 Å². The lowest BCUT2D eigenvalue weighted by Crippen LogP contribution is -2.39. The average molecular weight is 195 g/mol. The molecule has 1 heterocycles. The van der Waals surface area contributed by atoms with E-state index in [-0.39, 0.29) is 0 Å². The molecule has 0 amide bonds. The fraction of sp³-hybridized carbons (Fsp3) is 0.833. The van der Waals surface area contributed by atoms with Gasteiger partial charge in [0, 0.05) is 19.1 Å². The minimum absolute atomic E-state index is 0.467. The average Bonchev–Trinajstić information content (AvgIpc) is 2.25. The third kappa shape index (κ3) is 4.13. The van der Waals surface area contributed by atoms with Crippen molar-refractivity contribution in [3.05, 3.63) is 0 Å². The molecule has 1 fully saturated rings. The molecule has 1 aliphatic heterocycles. The van der Waals surface area contributed by atoms with Crippen molar-refractivity contribution in [3.63, 3.8) is 0 Å². The predicted octanol–water partition coefficient (Wildman–Crippen LogP) is 1.95. The van der Waals surface area contributed by atoms with Gasteiger partial charge in [-0.2, -0.15) is 0 Å². The second kappa shape index (κ2) is 6.86. The molecule has 1 saturated heterocycles. The molecular weight excluding hydrogens is 174 g/mol. The first kappa shape index (κ1) is 11.6. The van der Waals surface area contributed by atoms with E-state index >= 15 is 0 Å². The van der Waals surface area contributed by atoms with E-state index in [4.69, 9.17) is 11.2 Å². The van der Waals surface area contributed by atoms with Crippen LogP contribution in [0.2, 0.25) is 0 Å². The van der Waals surface area contributed by atoms with Gasteiger partial charge in [-0.25, -0.2) is 0 Å². The van der Waals surface area contributed by atoms with Crippen LogP contribution in [-0.2, 0) is 4.74 Å². The monoisotopic (exact) mass is 195 g/mol. The van der Waals surface area contributed by atoms with E-state index < -0.39 is 0 Å². The predicted molar refractivity (Wildman–Crippen MR) is 59.1 cm³/mol. The first-order valence-electron chi connectivity index (χ1n) is 5.65. The van der Waals surface area contributed by atoms with Gasteiger partial charge >= 0.3 is 0 Å². The molecule has 2 unspecified atom stereocenters. The molecule has 2 nitrogen and oxygen atoms in total. The molecule has 14 heavy (non-hydrogen) atoms. The molecule has 0 aromatic rings. The van der Waals surface area contributed by atoms with E-state index in [0.717, 1.165) is 45.3 Å². The molecule has 2 atom stereocenters. The molecule has 1 rings (SSSR count). The topological polar surface area (TPSA) is 21.3 Å². The molecular formula is C12H21NO. The van der Waals surface area contributed by atoms with Crippen molar-refractivity contribution in [2.75, 3.05) is 13.2 Å². The third-order valence-electron chi connectivity index (χ3n) is 2.75. The standard InChI is InChI=1S/C12H21NO/c1-3-5-6-8-13-11-7-9-14-12(4-2)10-11/h1,11-13H,4-10H2,2H3. The highest BCUT2D eigenvalue weighted by Gasteiger charge is 2.20. The maximum Gasteiger partial charge on any atom is 0.0587 e. The minimum Gasteiger partial charge on any atom is -0.378 e. The summed E-state index contributed by atoms with van der Waals surface area (Å²) in [6.45, 7) is 4.14. The zero-order chi connectivity index (χ0) is 10.2. The number of hydrogen-bond acceptors (Lipinski definition) is 2. The van der Waals surface area contributed by atoms with Gasteiger partial charge in [0.15, 0.2) is 0 Å². The molecule has 0 spiro atoms. The van der Waals surface area contributed by atoms with Crippen LogP contribution in [0.15, 0.2) is 0 Å². The van der Waals surface area contributed by atoms with E-state index in [0.29, 0.717) is 12.1 Å². The summed E-state index contributed by atoms with van der Waals surface area (Å²) in [4.78, 5) is 0.